The Bertz CT molecular complexity index is 897. The first-order chi connectivity index (χ1) is 14.1. The fraction of sp³-hybridized carbons (Fsp3) is 0.526. The second kappa shape index (κ2) is 12.4. The molecule has 30 heavy (non-hydrogen) atoms. The summed E-state index contributed by atoms with van der Waals surface area (Å²) in [6.07, 6.45) is 1.98. The number of ether oxygens (including phenoxy) is 1. The molecule has 0 saturated heterocycles. The average Bonchev–Trinajstić information content (AvgIpc) is 2.70. The van der Waals surface area contributed by atoms with E-state index in [1.165, 1.54) is 31.0 Å². The summed E-state index contributed by atoms with van der Waals surface area (Å²) in [7, 11) is -6.94. The molecular formula is C19H28NO7PS2. The highest BCUT2D eigenvalue weighted by molar-refractivity contribution is 7.98. The molecule has 1 aromatic rings. The normalized spacial score (nSPS) is 12.6. The van der Waals surface area contributed by atoms with Crippen LogP contribution in [0.3, 0.4) is 0 Å². The van der Waals surface area contributed by atoms with Crippen LogP contribution in [0.25, 0.3) is 0 Å². The molecule has 1 rings (SSSR count). The summed E-state index contributed by atoms with van der Waals surface area (Å²) in [6, 6.07) is 7.28. The van der Waals surface area contributed by atoms with E-state index in [-0.39, 0.29) is 24.5 Å². The Morgan fingerprint density at radius 1 is 1.20 bits per heavy atom. The topological polar surface area (TPSA) is 99.2 Å². The SMILES string of the molecule is CCOP(=O)(C#CN([C@H](CCSC)C(=O)OC)S(=O)(=O)c1ccc(C)cc1)OCC. The minimum Gasteiger partial charge on any atom is -0.467 e. The van der Waals surface area contributed by atoms with Crippen LogP contribution in [0.1, 0.15) is 25.8 Å². The molecule has 0 heterocycles. The second-order valence-corrected chi connectivity index (χ2v) is 10.5. The van der Waals surface area contributed by atoms with E-state index in [2.05, 4.69) is 11.7 Å². The van der Waals surface area contributed by atoms with Gasteiger partial charge >= 0.3 is 13.6 Å². The molecule has 0 saturated carbocycles. The van der Waals surface area contributed by atoms with E-state index in [1.807, 2.05) is 13.2 Å². The molecule has 0 unspecified atom stereocenters. The zero-order valence-corrected chi connectivity index (χ0v) is 20.3. The molecule has 0 radical (unpaired) electrons. The van der Waals surface area contributed by atoms with Crippen LogP contribution in [0.4, 0.5) is 0 Å². The van der Waals surface area contributed by atoms with Crippen LogP contribution in [-0.4, -0.2) is 57.1 Å². The Kier molecular flexibility index (Phi) is 10.9. The first-order valence-corrected chi connectivity index (χ1v) is 13.6. The van der Waals surface area contributed by atoms with Crippen molar-refractivity contribution >= 4 is 35.4 Å². The Labute approximate surface area is 183 Å². The molecule has 1 atom stereocenters. The molecule has 0 amide bonds. The largest absolute Gasteiger partial charge is 0.467 e. The Morgan fingerprint density at radius 3 is 2.23 bits per heavy atom. The first-order valence-electron chi connectivity index (χ1n) is 9.25. The van der Waals surface area contributed by atoms with Crippen molar-refractivity contribution in [3.05, 3.63) is 29.8 Å². The van der Waals surface area contributed by atoms with Crippen LogP contribution >= 0.6 is 19.4 Å². The van der Waals surface area contributed by atoms with Gasteiger partial charge in [0.25, 0.3) is 10.0 Å². The highest BCUT2D eigenvalue weighted by Crippen LogP contribution is 2.46. The predicted molar refractivity (Wildman–Crippen MR) is 118 cm³/mol. The number of aryl methyl sites for hydroxylation is 1. The monoisotopic (exact) mass is 477 g/mol. The molecular weight excluding hydrogens is 449 g/mol. The maximum absolute atomic E-state index is 13.3. The molecule has 168 valence electrons. The fourth-order valence-corrected chi connectivity index (χ4v) is 5.42. The van der Waals surface area contributed by atoms with Crippen molar-refractivity contribution in [1.82, 2.24) is 4.31 Å². The molecule has 11 heteroatoms. The van der Waals surface area contributed by atoms with Gasteiger partial charge in [-0.2, -0.15) is 11.8 Å². The summed E-state index contributed by atoms with van der Waals surface area (Å²) < 4.78 is 55.2. The molecule has 0 bridgehead atoms. The van der Waals surface area contributed by atoms with Crippen molar-refractivity contribution in [2.45, 2.75) is 38.1 Å². The van der Waals surface area contributed by atoms with Gasteiger partial charge in [0.05, 0.1) is 25.2 Å². The van der Waals surface area contributed by atoms with Crippen molar-refractivity contribution in [3.8, 4) is 11.7 Å². The maximum atomic E-state index is 13.3. The van der Waals surface area contributed by atoms with Gasteiger partial charge in [0.1, 0.15) is 0 Å². The minimum atomic E-state index is -4.24. The van der Waals surface area contributed by atoms with Crippen molar-refractivity contribution in [2.24, 2.45) is 0 Å². The van der Waals surface area contributed by atoms with Crippen LogP contribution in [0, 0.1) is 18.6 Å². The third-order valence-electron chi connectivity index (χ3n) is 3.82. The summed E-state index contributed by atoms with van der Waals surface area (Å²) in [6.45, 7) is 5.17. The van der Waals surface area contributed by atoms with E-state index in [0.29, 0.717) is 10.1 Å². The number of hydrogen-bond acceptors (Lipinski definition) is 8. The van der Waals surface area contributed by atoms with E-state index < -0.39 is 29.6 Å². The molecule has 1 aromatic carbocycles. The van der Waals surface area contributed by atoms with Crippen LogP contribution < -0.4 is 0 Å². The lowest BCUT2D eigenvalue weighted by Gasteiger charge is -2.26. The first kappa shape index (κ1) is 26.5. The van der Waals surface area contributed by atoms with Crippen LogP contribution in [0.2, 0.25) is 0 Å². The number of benzene rings is 1. The van der Waals surface area contributed by atoms with Crippen molar-refractivity contribution in [2.75, 3.05) is 32.3 Å². The highest BCUT2D eigenvalue weighted by atomic mass is 32.2. The standard InChI is InChI=1S/C19H28NO7PS2/c1-6-26-28(22,27-7-2)14-13-20(18(12-15-29-5)19(21)25-4)30(23,24)17-10-8-16(3)9-11-17/h8-11,18H,6-7,12,15H2,1-5H3/t18-/m1/s1. The molecule has 8 nitrogen and oxygen atoms in total. The number of sulfonamides is 1. The quantitative estimate of drug-likeness (QED) is 0.207. The van der Waals surface area contributed by atoms with Gasteiger partial charge in [-0.3, -0.25) is 9.05 Å². The van der Waals surface area contributed by atoms with E-state index in [4.69, 9.17) is 13.8 Å². The van der Waals surface area contributed by atoms with Gasteiger partial charge < -0.3 is 4.74 Å². The van der Waals surface area contributed by atoms with Gasteiger partial charge in [-0.25, -0.2) is 22.1 Å². The molecule has 0 fully saturated rings. The summed E-state index contributed by atoms with van der Waals surface area (Å²) in [5.41, 5.74) is 3.19. The van der Waals surface area contributed by atoms with E-state index in [1.54, 1.807) is 26.0 Å². The molecule has 0 N–H and O–H groups in total. The molecule has 0 aliphatic heterocycles. The van der Waals surface area contributed by atoms with Crippen molar-refractivity contribution < 1.29 is 31.6 Å². The van der Waals surface area contributed by atoms with Gasteiger partial charge in [-0.1, -0.05) is 17.7 Å². The van der Waals surface area contributed by atoms with Crippen LogP contribution in [-0.2, 0) is 33.2 Å². The average molecular weight is 478 g/mol. The number of esters is 1. The third kappa shape index (κ3) is 7.33. The summed E-state index contributed by atoms with van der Waals surface area (Å²) in [4.78, 5) is 12.4. The lowest BCUT2D eigenvalue weighted by Crippen LogP contribution is -2.43. The predicted octanol–water partition coefficient (Wildman–Crippen LogP) is 3.46. The number of methoxy groups -OCH3 is 1. The minimum absolute atomic E-state index is 0.0527. The van der Waals surface area contributed by atoms with Gasteiger partial charge in [0.2, 0.25) is 0 Å². The van der Waals surface area contributed by atoms with E-state index in [0.717, 1.165) is 5.56 Å². The van der Waals surface area contributed by atoms with Crippen molar-refractivity contribution in [1.29, 1.82) is 0 Å². The Hall–Kier alpha value is -1.50. The highest BCUT2D eigenvalue weighted by Gasteiger charge is 2.35. The second-order valence-electron chi connectivity index (χ2n) is 5.99. The van der Waals surface area contributed by atoms with E-state index >= 15 is 0 Å². The zero-order chi connectivity index (χ0) is 22.8. The Morgan fingerprint density at radius 2 is 1.77 bits per heavy atom. The third-order valence-corrected chi connectivity index (χ3v) is 7.77. The maximum Gasteiger partial charge on any atom is 0.407 e. The lowest BCUT2D eigenvalue weighted by atomic mass is 10.2. The van der Waals surface area contributed by atoms with Gasteiger partial charge in [0, 0.05) is 11.7 Å². The number of carbonyl (C=O) groups excluding carboxylic acids is 1. The van der Waals surface area contributed by atoms with Gasteiger partial charge in [-0.05, 0) is 51.3 Å². The van der Waals surface area contributed by atoms with Gasteiger partial charge in [0.15, 0.2) is 6.04 Å². The Balaban J connectivity index is 3.59. The lowest BCUT2D eigenvalue weighted by molar-refractivity contribution is -0.144. The number of nitrogens with zero attached hydrogens (tertiary/aromatic N) is 1. The number of carbonyl (C=O) groups is 1. The summed E-state index contributed by atoms with van der Waals surface area (Å²) >= 11 is 1.44. The number of thioether (sulfide) groups is 1. The van der Waals surface area contributed by atoms with Gasteiger partial charge in [-0.15, -0.1) is 0 Å². The number of hydrogen-bond donors (Lipinski definition) is 0. The van der Waals surface area contributed by atoms with Crippen LogP contribution in [0.15, 0.2) is 29.2 Å². The smallest absolute Gasteiger partial charge is 0.407 e. The van der Waals surface area contributed by atoms with E-state index in [9.17, 15) is 17.8 Å². The van der Waals surface area contributed by atoms with Crippen LogP contribution in [0.5, 0.6) is 0 Å². The number of rotatable bonds is 11. The fourth-order valence-electron chi connectivity index (χ4n) is 2.38. The summed E-state index contributed by atoms with van der Waals surface area (Å²) in [5.74, 6) is -0.285. The van der Waals surface area contributed by atoms with Crippen molar-refractivity contribution in [3.63, 3.8) is 0 Å². The molecule has 0 aromatic heterocycles. The summed E-state index contributed by atoms with van der Waals surface area (Å²) in [5, 5.41) is 0. The molecule has 0 aliphatic rings. The molecule has 0 spiro atoms. The molecule has 0 aliphatic carbocycles. The zero-order valence-electron chi connectivity index (χ0n) is 17.8.